The maximum Gasteiger partial charge on any atom is 0.255 e. The summed E-state index contributed by atoms with van der Waals surface area (Å²) >= 11 is 0. The Balaban J connectivity index is 1.18. The molecule has 1 N–H and O–H groups in total. The van der Waals surface area contributed by atoms with Crippen LogP contribution in [-0.2, 0) is 0 Å². The molecule has 35 heavy (non-hydrogen) atoms. The van der Waals surface area contributed by atoms with Crippen LogP contribution in [0.5, 0.6) is 11.5 Å². The molecule has 1 aromatic heterocycles. The quantitative estimate of drug-likeness (QED) is 0.429. The number of ether oxygens (including phenoxy) is 1. The van der Waals surface area contributed by atoms with Crippen molar-refractivity contribution in [2.75, 3.05) is 41.3 Å². The van der Waals surface area contributed by atoms with Gasteiger partial charge in [-0.15, -0.1) is 0 Å². The monoisotopic (exact) mass is 469 g/mol. The molecule has 0 bridgehead atoms. The van der Waals surface area contributed by atoms with Gasteiger partial charge in [-0.1, -0.05) is 24.3 Å². The second kappa shape index (κ2) is 10.2. The highest BCUT2D eigenvalue weighted by Crippen LogP contribution is 2.23. The molecule has 1 aliphatic rings. The van der Waals surface area contributed by atoms with Crippen LogP contribution in [0.4, 0.5) is 21.7 Å². The van der Waals surface area contributed by atoms with Gasteiger partial charge >= 0.3 is 0 Å². The van der Waals surface area contributed by atoms with Crippen molar-refractivity contribution < 1.29 is 13.9 Å². The van der Waals surface area contributed by atoms with Crippen molar-refractivity contribution in [2.45, 2.75) is 0 Å². The molecule has 3 aromatic carbocycles. The van der Waals surface area contributed by atoms with Crippen LogP contribution in [0.15, 0.2) is 91.3 Å². The van der Waals surface area contributed by atoms with Crippen molar-refractivity contribution in [1.29, 1.82) is 0 Å². The lowest BCUT2D eigenvalue weighted by Crippen LogP contribution is -2.47. The molecule has 0 radical (unpaired) electrons. The van der Waals surface area contributed by atoms with E-state index in [1.54, 1.807) is 36.7 Å². The summed E-state index contributed by atoms with van der Waals surface area (Å²) in [4.78, 5) is 26.1. The first-order valence-electron chi connectivity index (χ1n) is 11.4. The maximum atomic E-state index is 13.1. The van der Waals surface area contributed by atoms with Crippen molar-refractivity contribution in [3.63, 3.8) is 0 Å². The summed E-state index contributed by atoms with van der Waals surface area (Å²) in [5.41, 5.74) is 2.15. The smallest absolute Gasteiger partial charge is 0.255 e. The number of nitrogens with zero attached hydrogens (tertiary/aromatic N) is 4. The molecular formula is C27H24FN5O2. The largest absolute Gasteiger partial charge is 0.457 e. The molecule has 0 saturated carbocycles. The fourth-order valence-electron chi connectivity index (χ4n) is 3.90. The number of para-hydroxylation sites is 1. The van der Waals surface area contributed by atoms with Crippen LogP contribution < -0.4 is 19.9 Å². The lowest BCUT2D eigenvalue weighted by atomic mass is 10.2. The zero-order valence-electron chi connectivity index (χ0n) is 19.0. The van der Waals surface area contributed by atoms with Crippen molar-refractivity contribution in [2.24, 2.45) is 0 Å². The SMILES string of the molecule is O=C(Nc1cnc(N2CCN(c3ccccc3)CC2)nc1)c1cccc(Oc2ccc(F)cc2)c1. The molecule has 176 valence electrons. The van der Waals surface area contributed by atoms with E-state index in [0.29, 0.717) is 28.7 Å². The van der Waals surface area contributed by atoms with Crippen molar-refractivity contribution in [3.8, 4) is 11.5 Å². The first-order chi connectivity index (χ1) is 17.1. The number of nitrogens with one attached hydrogen (secondary N) is 1. The highest BCUT2D eigenvalue weighted by atomic mass is 19.1. The number of anilines is 3. The number of amides is 1. The van der Waals surface area contributed by atoms with Crippen LogP contribution in [0.25, 0.3) is 0 Å². The van der Waals surface area contributed by atoms with E-state index in [4.69, 9.17) is 4.74 Å². The van der Waals surface area contributed by atoms with Crippen LogP contribution in [0.1, 0.15) is 10.4 Å². The highest BCUT2D eigenvalue weighted by molar-refractivity contribution is 6.04. The van der Waals surface area contributed by atoms with E-state index in [1.807, 2.05) is 18.2 Å². The zero-order chi connectivity index (χ0) is 24.0. The Morgan fingerprint density at radius 1 is 0.800 bits per heavy atom. The predicted molar refractivity (Wildman–Crippen MR) is 134 cm³/mol. The lowest BCUT2D eigenvalue weighted by Gasteiger charge is -2.36. The van der Waals surface area contributed by atoms with Crippen LogP contribution >= 0.6 is 0 Å². The van der Waals surface area contributed by atoms with E-state index in [9.17, 15) is 9.18 Å². The Bertz CT molecular complexity index is 1280. The number of carbonyl (C=O) groups excluding carboxylic acids is 1. The summed E-state index contributed by atoms with van der Waals surface area (Å²) in [7, 11) is 0. The minimum Gasteiger partial charge on any atom is -0.457 e. The van der Waals surface area contributed by atoms with E-state index in [0.717, 1.165) is 26.2 Å². The van der Waals surface area contributed by atoms with Gasteiger partial charge < -0.3 is 19.9 Å². The third kappa shape index (κ3) is 5.55. The normalized spacial score (nSPS) is 13.4. The number of hydrogen-bond acceptors (Lipinski definition) is 6. The summed E-state index contributed by atoms with van der Waals surface area (Å²) in [6, 6.07) is 22.8. The number of rotatable bonds is 6. The summed E-state index contributed by atoms with van der Waals surface area (Å²) in [5, 5.41) is 2.82. The van der Waals surface area contributed by atoms with Gasteiger partial charge in [0.2, 0.25) is 5.95 Å². The molecule has 0 aliphatic carbocycles. The number of hydrogen-bond donors (Lipinski definition) is 1. The van der Waals surface area contributed by atoms with Crippen molar-refractivity contribution >= 4 is 23.2 Å². The molecule has 1 amide bonds. The first-order valence-corrected chi connectivity index (χ1v) is 11.4. The van der Waals surface area contributed by atoms with Gasteiger partial charge in [-0.05, 0) is 54.6 Å². The second-order valence-electron chi connectivity index (χ2n) is 8.12. The fourth-order valence-corrected chi connectivity index (χ4v) is 3.90. The summed E-state index contributed by atoms with van der Waals surface area (Å²) < 4.78 is 18.8. The average Bonchev–Trinajstić information content (AvgIpc) is 2.91. The number of benzene rings is 3. The molecule has 1 fully saturated rings. The molecule has 1 aliphatic heterocycles. The third-order valence-corrected chi connectivity index (χ3v) is 5.73. The Labute approximate surface area is 202 Å². The van der Waals surface area contributed by atoms with Gasteiger partial charge in [-0.3, -0.25) is 4.79 Å². The van der Waals surface area contributed by atoms with Crippen molar-refractivity contribution in [3.05, 3.63) is 103 Å². The van der Waals surface area contributed by atoms with E-state index in [-0.39, 0.29) is 11.7 Å². The fraction of sp³-hybridized carbons (Fsp3) is 0.148. The van der Waals surface area contributed by atoms with Gasteiger partial charge in [0.15, 0.2) is 0 Å². The molecule has 7 nitrogen and oxygen atoms in total. The van der Waals surface area contributed by atoms with Crippen LogP contribution in [0.3, 0.4) is 0 Å². The highest BCUT2D eigenvalue weighted by Gasteiger charge is 2.19. The van der Waals surface area contributed by atoms with Gasteiger partial charge in [-0.25, -0.2) is 14.4 Å². The Morgan fingerprint density at radius 2 is 1.49 bits per heavy atom. The second-order valence-corrected chi connectivity index (χ2v) is 8.12. The topological polar surface area (TPSA) is 70.6 Å². The minimum absolute atomic E-state index is 0.303. The zero-order valence-corrected chi connectivity index (χ0v) is 19.0. The Kier molecular flexibility index (Phi) is 6.52. The van der Waals surface area contributed by atoms with Gasteiger partial charge in [0.05, 0.1) is 18.1 Å². The predicted octanol–water partition coefficient (Wildman–Crippen LogP) is 4.99. The maximum absolute atomic E-state index is 13.1. The standard InChI is InChI=1S/C27H24FN5O2/c28-21-9-11-24(12-10-21)35-25-8-4-5-20(17-25)26(34)31-22-18-29-27(30-19-22)33-15-13-32(14-16-33)23-6-2-1-3-7-23/h1-12,17-19H,13-16H2,(H,31,34). The molecule has 4 aromatic rings. The number of halogens is 1. The van der Waals surface area contributed by atoms with Crippen LogP contribution in [0, 0.1) is 5.82 Å². The number of aromatic nitrogens is 2. The molecule has 0 spiro atoms. The molecule has 2 heterocycles. The van der Waals surface area contributed by atoms with E-state index < -0.39 is 0 Å². The molecule has 0 atom stereocenters. The van der Waals surface area contributed by atoms with E-state index in [1.165, 1.54) is 30.0 Å². The van der Waals surface area contributed by atoms with E-state index >= 15 is 0 Å². The Morgan fingerprint density at radius 3 is 2.20 bits per heavy atom. The van der Waals surface area contributed by atoms with E-state index in [2.05, 4.69) is 37.2 Å². The first kappa shape index (κ1) is 22.3. The van der Waals surface area contributed by atoms with Crippen molar-refractivity contribution in [1.82, 2.24) is 9.97 Å². The van der Waals surface area contributed by atoms with Gasteiger partial charge in [0, 0.05) is 37.4 Å². The molecule has 5 rings (SSSR count). The minimum atomic E-state index is -0.340. The average molecular weight is 470 g/mol. The summed E-state index contributed by atoms with van der Waals surface area (Å²) in [5.74, 6) is 0.962. The van der Waals surface area contributed by atoms with Gasteiger partial charge in [0.1, 0.15) is 17.3 Å². The summed E-state index contributed by atoms with van der Waals surface area (Å²) in [6.07, 6.45) is 3.23. The van der Waals surface area contributed by atoms with Gasteiger partial charge in [0.25, 0.3) is 5.91 Å². The van der Waals surface area contributed by atoms with Crippen LogP contribution in [-0.4, -0.2) is 42.1 Å². The molecular weight excluding hydrogens is 445 g/mol. The molecule has 8 heteroatoms. The number of piperazine rings is 1. The molecule has 0 unspecified atom stereocenters. The third-order valence-electron chi connectivity index (χ3n) is 5.73. The summed E-state index contributed by atoms with van der Waals surface area (Å²) in [6.45, 7) is 3.42. The Hall–Kier alpha value is -4.46. The van der Waals surface area contributed by atoms with Gasteiger partial charge in [-0.2, -0.15) is 0 Å². The lowest BCUT2D eigenvalue weighted by molar-refractivity contribution is 0.102. The van der Waals surface area contributed by atoms with Crippen LogP contribution in [0.2, 0.25) is 0 Å². The molecule has 1 saturated heterocycles. The number of carbonyl (C=O) groups is 1.